The van der Waals surface area contributed by atoms with Crippen molar-refractivity contribution in [3.8, 4) is 0 Å². The first-order chi connectivity index (χ1) is 17.9. The number of nitrogens with zero attached hydrogens (tertiary/aromatic N) is 3. The first-order valence-electron chi connectivity index (χ1n) is 13.5. The molecule has 0 radical (unpaired) electrons. The van der Waals surface area contributed by atoms with E-state index in [1.807, 2.05) is 20.0 Å². The third kappa shape index (κ3) is 5.85. The van der Waals surface area contributed by atoms with Gasteiger partial charge in [-0.15, -0.1) is 0 Å². The van der Waals surface area contributed by atoms with E-state index >= 15 is 0 Å². The molecule has 0 aromatic carbocycles. The Labute approximate surface area is 241 Å². The molecule has 0 saturated carbocycles. The van der Waals surface area contributed by atoms with Crippen LogP contribution in [0.2, 0.25) is 36.3 Å². The predicted molar refractivity (Wildman–Crippen MR) is 162 cm³/mol. The summed E-state index contributed by atoms with van der Waals surface area (Å²) in [4.78, 5) is 19.5. The molecule has 228 valence electrons. The molecule has 0 aliphatic carbocycles. The molecule has 1 aromatic heterocycles. The quantitative estimate of drug-likeness (QED) is 0.356. The van der Waals surface area contributed by atoms with Gasteiger partial charge in [-0.3, -0.25) is 4.57 Å². The largest absolute Gasteiger partial charge is 0.414 e. The molecule has 3 rings (SSSR count). The van der Waals surface area contributed by atoms with Gasteiger partial charge in [0.1, 0.15) is 18.0 Å². The van der Waals surface area contributed by atoms with Gasteiger partial charge >= 0.3 is 5.69 Å². The van der Waals surface area contributed by atoms with Gasteiger partial charge in [0.05, 0.1) is 17.7 Å². The van der Waals surface area contributed by atoms with E-state index in [1.54, 1.807) is 25.2 Å². The number of anilines is 1. The Hall–Kier alpha value is -1.56. The molecular weight excluding hydrogens is 569 g/mol. The number of aryl methyl sites for hydroxylation is 1. The van der Waals surface area contributed by atoms with Crippen LogP contribution < -0.4 is 16.3 Å². The van der Waals surface area contributed by atoms with Crippen LogP contribution in [0.15, 0.2) is 22.1 Å². The lowest BCUT2D eigenvalue weighted by atomic mass is 9.89. The minimum atomic E-state index is -4.15. The first kappa shape index (κ1) is 33.0. The Kier molecular flexibility index (Phi) is 8.50. The van der Waals surface area contributed by atoms with Crippen LogP contribution in [-0.4, -0.2) is 73.1 Å². The topological polar surface area (TPSA) is 135 Å². The van der Waals surface area contributed by atoms with E-state index in [2.05, 4.69) is 59.6 Å². The van der Waals surface area contributed by atoms with Crippen molar-refractivity contribution < 1.29 is 26.2 Å². The van der Waals surface area contributed by atoms with Crippen LogP contribution in [0.4, 0.5) is 5.82 Å². The number of aromatic nitrogens is 2. The monoisotopic (exact) mass is 616 g/mol. The van der Waals surface area contributed by atoms with E-state index in [0.29, 0.717) is 5.82 Å². The molecule has 2 aliphatic heterocycles. The van der Waals surface area contributed by atoms with Crippen molar-refractivity contribution in [2.24, 2.45) is 5.73 Å². The second kappa shape index (κ2) is 10.3. The lowest BCUT2D eigenvalue weighted by molar-refractivity contribution is -0.0562. The maximum atomic E-state index is 13.4. The second-order valence-corrected chi connectivity index (χ2v) is 25.1. The highest BCUT2D eigenvalue weighted by molar-refractivity contribution is 7.90. The van der Waals surface area contributed by atoms with Gasteiger partial charge in [-0.25, -0.2) is 8.98 Å². The third-order valence-electron chi connectivity index (χ3n) is 8.88. The normalized spacial score (nSPS) is 27.3. The zero-order chi connectivity index (χ0) is 30.9. The van der Waals surface area contributed by atoms with E-state index in [1.165, 1.54) is 4.57 Å². The van der Waals surface area contributed by atoms with Crippen LogP contribution in [0.1, 0.15) is 53.3 Å². The van der Waals surface area contributed by atoms with Crippen LogP contribution in [0.25, 0.3) is 0 Å². The minimum Gasteiger partial charge on any atom is -0.414 e. The van der Waals surface area contributed by atoms with Crippen LogP contribution in [-0.2, 0) is 27.9 Å². The molecule has 14 heteroatoms. The molecule has 1 saturated heterocycles. The van der Waals surface area contributed by atoms with Crippen LogP contribution >= 0.6 is 0 Å². The first-order valence-corrected chi connectivity index (χ1v) is 20.8. The smallest absolute Gasteiger partial charge is 0.351 e. The van der Waals surface area contributed by atoms with Crippen LogP contribution in [0.3, 0.4) is 0 Å². The van der Waals surface area contributed by atoms with Gasteiger partial charge in [-0.05, 0) is 43.2 Å². The third-order valence-corrected chi connectivity index (χ3v) is 18.9. The summed E-state index contributed by atoms with van der Waals surface area (Å²) in [5.74, 6) is 0.521. The van der Waals surface area contributed by atoms with Crippen LogP contribution in [0.5, 0.6) is 0 Å². The second-order valence-electron chi connectivity index (χ2n) is 14.2. The van der Waals surface area contributed by atoms with Crippen molar-refractivity contribution in [1.82, 2.24) is 9.55 Å². The highest BCUT2D eigenvalue weighted by Crippen LogP contribution is 2.52. The molecule has 1 spiro atoms. The van der Waals surface area contributed by atoms with Crippen molar-refractivity contribution in [2.45, 2.75) is 109 Å². The van der Waals surface area contributed by atoms with E-state index in [-0.39, 0.29) is 22.4 Å². The molecule has 3 heterocycles. The fourth-order valence-electron chi connectivity index (χ4n) is 4.41. The van der Waals surface area contributed by atoms with Gasteiger partial charge in [-0.1, -0.05) is 41.5 Å². The summed E-state index contributed by atoms with van der Waals surface area (Å²) in [7, 11) is -5.45. The summed E-state index contributed by atoms with van der Waals surface area (Å²) in [6, 6.07) is 0. The Bertz CT molecular complexity index is 1330. The number of hydrogen-bond acceptors (Lipinski definition) is 10. The lowest BCUT2D eigenvalue weighted by Crippen LogP contribution is -2.59. The number of rotatable bonds is 7. The predicted octanol–water partition coefficient (Wildman–Crippen LogP) is 3.83. The summed E-state index contributed by atoms with van der Waals surface area (Å²) >= 11 is 0. The molecule has 1 fully saturated rings. The van der Waals surface area contributed by atoms with Crippen molar-refractivity contribution in [3.05, 3.63) is 33.3 Å². The molecule has 4 atom stereocenters. The van der Waals surface area contributed by atoms with Gasteiger partial charge in [0, 0.05) is 25.9 Å². The van der Waals surface area contributed by atoms with E-state index in [9.17, 15) is 13.2 Å². The highest BCUT2D eigenvalue weighted by atomic mass is 32.2. The molecular formula is C26H48N4O7SSi2. The Balaban J connectivity index is 2.25. The fraction of sp³-hybridized carbons (Fsp3) is 0.769. The van der Waals surface area contributed by atoms with Crippen molar-refractivity contribution >= 4 is 32.6 Å². The molecule has 1 aromatic rings. The molecule has 2 N–H and O–H groups in total. The Morgan fingerprint density at radius 1 is 1.10 bits per heavy atom. The summed E-state index contributed by atoms with van der Waals surface area (Å²) in [6.45, 7) is 22.7. The zero-order valence-electron chi connectivity index (χ0n) is 26.3. The standard InChI is InChI=1S/C26H48N4O7SSi2/c1-17-14-30(23(31)28-21(17)29(8)9)22-20(36-40(12,13)25(5,6)7)26(18(27)16-38(32,33)37-26)19(35-22)15-34-39(10,11)24(2,3)4/h14,16,19-20,22H,15,27H2,1-13H3/t19-,20+,22-,26?/m1/s1. The summed E-state index contributed by atoms with van der Waals surface area (Å²) < 4.78 is 53.0. The Morgan fingerprint density at radius 2 is 1.65 bits per heavy atom. The zero-order valence-corrected chi connectivity index (χ0v) is 29.1. The highest BCUT2D eigenvalue weighted by Gasteiger charge is 2.67. The molecule has 2 aliphatic rings. The summed E-state index contributed by atoms with van der Waals surface area (Å²) in [6.07, 6.45) is -1.46. The van der Waals surface area contributed by atoms with Crippen molar-refractivity contribution in [3.63, 3.8) is 0 Å². The number of ether oxygens (including phenoxy) is 1. The van der Waals surface area contributed by atoms with Crippen LogP contribution in [0, 0.1) is 6.92 Å². The number of nitrogens with two attached hydrogens (primary N) is 1. The number of hydrogen-bond donors (Lipinski definition) is 1. The summed E-state index contributed by atoms with van der Waals surface area (Å²) in [5.41, 5.74) is 4.92. The molecule has 40 heavy (non-hydrogen) atoms. The average molecular weight is 617 g/mol. The maximum absolute atomic E-state index is 13.4. The molecule has 1 unspecified atom stereocenters. The van der Waals surface area contributed by atoms with Gasteiger partial charge < -0.3 is 24.2 Å². The molecule has 11 nitrogen and oxygen atoms in total. The van der Waals surface area contributed by atoms with E-state index in [4.69, 9.17) is 23.5 Å². The van der Waals surface area contributed by atoms with Gasteiger partial charge in [0.25, 0.3) is 10.1 Å². The lowest BCUT2D eigenvalue weighted by Gasteiger charge is -2.43. The molecule has 0 bridgehead atoms. The fourth-order valence-corrected chi connectivity index (χ4v) is 7.91. The van der Waals surface area contributed by atoms with Crippen molar-refractivity contribution in [1.29, 1.82) is 0 Å². The van der Waals surface area contributed by atoms with Gasteiger partial charge in [-0.2, -0.15) is 13.4 Å². The van der Waals surface area contributed by atoms with Gasteiger partial charge in [0.2, 0.25) is 0 Å². The summed E-state index contributed by atoms with van der Waals surface area (Å²) in [5, 5.41) is 0.555. The maximum Gasteiger partial charge on any atom is 0.351 e. The molecule has 0 amide bonds. The average Bonchev–Trinajstić information content (AvgIpc) is 3.18. The SMILES string of the molecule is Cc1cn([C@@H]2O[C@H](CO[Si](C)(C)C(C)(C)C)C3(OS(=O)(=O)C=C3N)[C@H]2O[Si](C)(C)C(C)(C)C)c(=O)nc1N(C)C. The van der Waals surface area contributed by atoms with E-state index < -0.39 is 56.5 Å². The van der Waals surface area contributed by atoms with Crippen molar-refractivity contribution in [2.75, 3.05) is 25.6 Å². The van der Waals surface area contributed by atoms with E-state index in [0.717, 1.165) is 11.0 Å². The Morgan fingerprint density at radius 3 is 2.10 bits per heavy atom. The van der Waals surface area contributed by atoms with Gasteiger partial charge in [0.15, 0.2) is 28.5 Å². The minimum absolute atomic E-state index is 0.00531.